The summed E-state index contributed by atoms with van der Waals surface area (Å²) >= 11 is 1.49. The Morgan fingerprint density at radius 3 is 2.58 bits per heavy atom. The molecule has 4 rings (SSSR count). The molecule has 6 heteroatoms. The van der Waals surface area contributed by atoms with Crippen molar-refractivity contribution in [2.24, 2.45) is 0 Å². The van der Waals surface area contributed by atoms with Crippen LogP contribution in [0, 0.1) is 0 Å². The van der Waals surface area contributed by atoms with Gasteiger partial charge in [-0.2, -0.15) is 0 Å². The van der Waals surface area contributed by atoms with E-state index in [-0.39, 0.29) is 17.3 Å². The average molecular weight is 440 g/mol. The molecule has 2 heterocycles. The minimum Gasteiger partial charge on any atom is -0.497 e. The van der Waals surface area contributed by atoms with Crippen LogP contribution in [-0.2, 0) is 16.0 Å². The smallest absolute Gasteiger partial charge is 0.279 e. The van der Waals surface area contributed by atoms with Crippen LogP contribution in [0.2, 0.25) is 0 Å². The number of hydrogen-bond donors (Lipinski definition) is 0. The molecule has 0 saturated carbocycles. The molecule has 0 bridgehead atoms. The Bertz CT molecular complexity index is 1130. The van der Waals surface area contributed by atoms with E-state index >= 15 is 0 Å². The molecule has 1 aliphatic heterocycles. The first-order valence-corrected chi connectivity index (χ1v) is 11.4. The topological polar surface area (TPSA) is 57.6 Å². The van der Waals surface area contributed by atoms with Crippen molar-refractivity contribution in [3.8, 4) is 16.7 Å². The zero-order valence-corrected chi connectivity index (χ0v) is 19.8. The highest BCUT2D eigenvalue weighted by atomic mass is 32.1. The van der Waals surface area contributed by atoms with Gasteiger partial charge in [0.25, 0.3) is 5.19 Å². The zero-order valence-electron chi connectivity index (χ0n) is 18.9. The fourth-order valence-corrected chi connectivity index (χ4v) is 5.29. The number of thiazole rings is 1. The van der Waals surface area contributed by atoms with Crippen molar-refractivity contribution in [1.29, 1.82) is 0 Å². The Morgan fingerprint density at radius 2 is 1.87 bits per heavy atom. The van der Waals surface area contributed by atoms with Crippen molar-refractivity contribution < 1.29 is 19.0 Å². The van der Waals surface area contributed by atoms with Crippen molar-refractivity contribution in [3.63, 3.8) is 0 Å². The second-order valence-electron chi connectivity index (χ2n) is 9.12. The molecule has 1 atom stereocenters. The SMILES string of the molecule is CCc1ccc(Oc2nc3cc(OC)ccc3s2)cc1C1CC(C)(C)OC(C)(C)C1=O. The first-order chi connectivity index (χ1) is 14.6. The first-order valence-electron chi connectivity index (χ1n) is 10.6. The van der Waals surface area contributed by atoms with Gasteiger partial charge in [-0.05, 0) is 75.9 Å². The molecule has 1 fully saturated rings. The lowest BCUT2D eigenvalue weighted by Gasteiger charge is -2.44. The molecular formula is C25H29NO4S. The molecule has 5 nitrogen and oxygen atoms in total. The highest BCUT2D eigenvalue weighted by Gasteiger charge is 2.47. The summed E-state index contributed by atoms with van der Waals surface area (Å²) in [5, 5.41) is 0.567. The second kappa shape index (κ2) is 7.92. The lowest BCUT2D eigenvalue weighted by atomic mass is 9.75. The number of fused-ring (bicyclic) bond motifs is 1. The van der Waals surface area contributed by atoms with E-state index in [2.05, 4.69) is 31.8 Å². The normalized spacial score (nSPS) is 20.1. The Hall–Kier alpha value is -2.44. The Labute approximate surface area is 187 Å². The first kappa shape index (κ1) is 21.8. The molecule has 0 radical (unpaired) electrons. The average Bonchev–Trinajstić information content (AvgIpc) is 3.11. The molecule has 0 amide bonds. The number of aryl methyl sites for hydroxylation is 1. The van der Waals surface area contributed by atoms with Crippen LogP contribution in [0.5, 0.6) is 16.7 Å². The van der Waals surface area contributed by atoms with Gasteiger partial charge in [-0.3, -0.25) is 4.79 Å². The Balaban J connectivity index is 1.68. The van der Waals surface area contributed by atoms with Crippen molar-refractivity contribution >= 4 is 27.3 Å². The van der Waals surface area contributed by atoms with Gasteiger partial charge in [0.1, 0.15) is 17.1 Å². The second-order valence-corrected chi connectivity index (χ2v) is 10.1. The molecule has 1 aliphatic rings. The van der Waals surface area contributed by atoms with Crippen LogP contribution >= 0.6 is 11.3 Å². The van der Waals surface area contributed by atoms with Crippen molar-refractivity contribution in [2.45, 2.75) is 64.6 Å². The van der Waals surface area contributed by atoms with Gasteiger partial charge in [0.05, 0.1) is 22.9 Å². The van der Waals surface area contributed by atoms with E-state index in [9.17, 15) is 4.79 Å². The van der Waals surface area contributed by atoms with E-state index in [0.29, 0.717) is 17.4 Å². The maximum Gasteiger partial charge on any atom is 0.279 e. The van der Waals surface area contributed by atoms with Crippen LogP contribution in [0.4, 0.5) is 0 Å². The summed E-state index contributed by atoms with van der Waals surface area (Å²) in [6.07, 6.45) is 1.49. The summed E-state index contributed by atoms with van der Waals surface area (Å²) in [6, 6.07) is 11.8. The lowest BCUT2D eigenvalue weighted by molar-refractivity contribution is -0.179. The third kappa shape index (κ3) is 4.32. The third-order valence-electron chi connectivity index (χ3n) is 5.79. The van der Waals surface area contributed by atoms with Gasteiger partial charge >= 0.3 is 0 Å². The minimum absolute atomic E-state index is 0.116. The molecule has 1 unspecified atom stereocenters. The number of carbonyl (C=O) groups excluding carboxylic acids is 1. The van der Waals surface area contributed by atoms with E-state index in [1.165, 1.54) is 11.3 Å². The van der Waals surface area contributed by atoms with Gasteiger partial charge in [0.2, 0.25) is 0 Å². The van der Waals surface area contributed by atoms with Gasteiger partial charge in [0, 0.05) is 12.0 Å². The summed E-state index contributed by atoms with van der Waals surface area (Å²) in [5.74, 6) is 1.35. The number of carbonyl (C=O) groups is 1. The summed E-state index contributed by atoms with van der Waals surface area (Å²) in [6.45, 7) is 9.95. The van der Waals surface area contributed by atoms with Crippen molar-refractivity contribution in [2.75, 3.05) is 7.11 Å². The summed E-state index contributed by atoms with van der Waals surface area (Å²) in [4.78, 5) is 17.9. The fourth-order valence-electron chi connectivity index (χ4n) is 4.48. The number of hydrogen-bond acceptors (Lipinski definition) is 6. The van der Waals surface area contributed by atoms with Gasteiger partial charge < -0.3 is 14.2 Å². The van der Waals surface area contributed by atoms with Crippen LogP contribution < -0.4 is 9.47 Å². The molecule has 0 spiro atoms. The molecule has 164 valence electrons. The number of methoxy groups -OCH3 is 1. The number of Topliss-reactive ketones (excluding diaryl/α,β-unsaturated/α-hetero) is 1. The number of nitrogens with zero attached hydrogens (tertiary/aromatic N) is 1. The molecular weight excluding hydrogens is 410 g/mol. The van der Waals surface area contributed by atoms with E-state index in [0.717, 1.165) is 33.5 Å². The van der Waals surface area contributed by atoms with E-state index < -0.39 is 5.60 Å². The highest BCUT2D eigenvalue weighted by molar-refractivity contribution is 7.20. The number of benzene rings is 2. The largest absolute Gasteiger partial charge is 0.497 e. The fraction of sp³-hybridized carbons (Fsp3) is 0.440. The molecule has 0 N–H and O–H groups in total. The molecule has 31 heavy (non-hydrogen) atoms. The standard InChI is InChI=1S/C25H29NO4S/c1-7-15-8-9-17(29-23-26-20-13-16(28-6)10-11-21(20)31-23)12-18(15)19-14-24(2,3)30-25(4,5)22(19)27/h8-13,19H,7,14H2,1-6H3. The molecule has 3 aromatic rings. The molecule has 1 saturated heterocycles. The van der Waals surface area contributed by atoms with Crippen molar-refractivity contribution in [1.82, 2.24) is 4.98 Å². The maximum absolute atomic E-state index is 13.3. The summed E-state index contributed by atoms with van der Waals surface area (Å²) in [7, 11) is 1.64. The highest BCUT2D eigenvalue weighted by Crippen LogP contribution is 2.43. The Morgan fingerprint density at radius 1 is 1.13 bits per heavy atom. The zero-order chi connectivity index (χ0) is 22.4. The summed E-state index contributed by atoms with van der Waals surface area (Å²) < 4.78 is 18.5. The van der Waals surface area contributed by atoms with Gasteiger partial charge in [-0.1, -0.05) is 24.3 Å². The van der Waals surface area contributed by atoms with Crippen LogP contribution in [0.3, 0.4) is 0 Å². The van der Waals surface area contributed by atoms with Gasteiger partial charge in [0.15, 0.2) is 5.78 Å². The van der Waals surface area contributed by atoms with Gasteiger partial charge in [-0.25, -0.2) is 4.98 Å². The number of ketones is 1. The van der Waals surface area contributed by atoms with E-state index in [1.54, 1.807) is 7.11 Å². The third-order valence-corrected chi connectivity index (χ3v) is 6.71. The predicted octanol–water partition coefficient (Wildman–Crippen LogP) is 6.29. The number of rotatable bonds is 5. The maximum atomic E-state index is 13.3. The number of aromatic nitrogens is 1. The lowest BCUT2D eigenvalue weighted by Crippen LogP contribution is -2.51. The van der Waals surface area contributed by atoms with Crippen LogP contribution in [0.1, 0.15) is 58.1 Å². The predicted molar refractivity (Wildman–Crippen MR) is 124 cm³/mol. The van der Waals surface area contributed by atoms with Crippen LogP contribution in [0.25, 0.3) is 10.2 Å². The monoisotopic (exact) mass is 439 g/mol. The van der Waals surface area contributed by atoms with Gasteiger partial charge in [-0.15, -0.1) is 0 Å². The van der Waals surface area contributed by atoms with Crippen LogP contribution in [-0.4, -0.2) is 29.1 Å². The quantitative estimate of drug-likeness (QED) is 0.468. The number of ether oxygens (including phenoxy) is 3. The van der Waals surface area contributed by atoms with E-state index in [4.69, 9.17) is 14.2 Å². The minimum atomic E-state index is -0.819. The molecule has 2 aromatic carbocycles. The van der Waals surface area contributed by atoms with E-state index in [1.807, 2.05) is 44.2 Å². The van der Waals surface area contributed by atoms with Crippen LogP contribution in [0.15, 0.2) is 36.4 Å². The molecule has 0 aliphatic carbocycles. The summed E-state index contributed by atoms with van der Waals surface area (Å²) in [5.41, 5.74) is 1.83. The molecule has 1 aromatic heterocycles. The van der Waals surface area contributed by atoms with Crippen molar-refractivity contribution in [3.05, 3.63) is 47.5 Å². The Kier molecular flexibility index (Phi) is 5.56.